The van der Waals surface area contributed by atoms with Crippen LogP contribution in [0.15, 0.2) is 36.4 Å². The predicted molar refractivity (Wildman–Crippen MR) is 130 cm³/mol. The summed E-state index contributed by atoms with van der Waals surface area (Å²) in [7, 11) is 0. The number of aromatic amines is 1. The summed E-state index contributed by atoms with van der Waals surface area (Å²) in [6.45, 7) is 3.52. The zero-order valence-electron chi connectivity index (χ0n) is 18.9. The highest BCUT2D eigenvalue weighted by atomic mass is 35.5. The molecule has 1 aromatic heterocycles. The summed E-state index contributed by atoms with van der Waals surface area (Å²) < 4.78 is 0. The summed E-state index contributed by atoms with van der Waals surface area (Å²) in [6.07, 6.45) is 6.98. The van der Waals surface area contributed by atoms with E-state index in [1.165, 1.54) is 0 Å². The number of fused-ring (bicyclic) bond motifs is 1. The van der Waals surface area contributed by atoms with Gasteiger partial charge in [0.2, 0.25) is 0 Å². The van der Waals surface area contributed by atoms with E-state index in [0.29, 0.717) is 16.1 Å². The van der Waals surface area contributed by atoms with E-state index in [2.05, 4.69) is 10.3 Å². The third-order valence-electron chi connectivity index (χ3n) is 7.07. The van der Waals surface area contributed by atoms with Gasteiger partial charge in [-0.1, -0.05) is 30.9 Å². The smallest absolute Gasteiger partial charge is 0.254 e. The maximum absolute atomic E-state index is 13.4. The van der Waals surface area contributed by atoms with Gasteiger partial charge in [0.1, 0.15) is 5.82 Å². The minimum Gasteiger partial charge on any atom is -0.340 e. The predicted octanol–water partition coefficient (Wildman–Crippen LogP) is 5.35. The number of amides is 2. The molecule has 0 unspecified atom stereocenters. The number of nitrogens with one attached hydrogen (secondary N) is 2. The molecule has 2 fully saturated rings. The molecule has 2 amide bonds. The maximum Gasteiger partial charge on any atom is 0.254 e. The van der Waals surface area contributed by atoms with Crippen LogP contribution in [0.25, 0.3) is 11.0 Å². The van der Waals surface area contributed by atoms with Crippen molar-refractivity contribution in [1.29, 1.82) is 0 Å². The number of likely N-dealkylation sites (tertiary alicyclic amines) is 1. The van der Waals surface area contributed by atoms with E-state index in [-0.39, 0.29) is 11.8 Å². The van der Waals surface area contributed by atoms with Crippen molar-refractivity contribution in [3.05, 3.63) is 63.9 Å². The number of imidazole rings is 1. The van der Waals surface area contributed by atoms with Gasteiger partial charge in [0, 0.05) is 29.2 Å². The van der Waals surface area contributed by atoms with Crippen molar-refractivity contribution in [3.8, 4) is 0 Å². The first kappa shape index (κ1) is 22.0. The van der Waals surface area contributed by atoms with Crippen LogP contribution in [-0.4, -0.2) is 39.8 Å². The Hall–Kier alpha value is -2.86. The molecule has 2 N–H and O–H groups in total. The van der Waals surface area contributed by atoms with Gasteiger partial charge in [-0.3, -0.25) is 9.59 Å². The molecule has 1 saturated carbocycles. The van der Waals surface area contributed by atoms with Crippen molar-refractivity contribution in [2.24, 2.45) is 0 Å². The summed E-state index contributed by atoms with van der Waals surface area (Å²) in [6, 6.07) is 11.0. The number of hydrogen-bond donors (Lipinski definition) is 2. The second-order valence-electron chi connectivity index (χ2n) is 9.37. The molecule has 7 heteroatoms. The van der Waals surface area contributed by atoms with E-state index in [9.17, 15) is 9.59 Å². The molecular weight excluding hydrogens is 436 g/mol. The zero-order chi connectivity index (χ0) is 23.0. The second-order valence-corrected chi connectivity index (χ2v) is 9.81. The van der Waals surface area contributed by atoms with E-state index in [1.807, 2.05) is 36.1 Å². The van der Waals surface area contributed by atoms with Crippen molar-refractivity contribution in [3.63, 3.8) is 0 Å². The highest BCUT2D eigenvalue weighted by Gasteiger charge is 2.38. The molecule has 0 radical (unpaired) electrons. The second kappa shape index (κ2) is 8.82. The first-order valence-corrected chi connectivity index (χ1v) is 12.2. The molecule has 1 aliphatic heterocycles. The Bertz CT molecular complexity index is 1210. The fraction of sp³-hybridized carbons (Fsp3) is 0.423. The summed E-state index contributed by atoms with van der Waals surface area (Å²) >= 11 is 6.16. The van der Waals surface area contributed by atoms with Gasteiger partial charge < -0.3 is 15.2 Å². The Morgan fingerprint density at radius 3 is 2.52 bits per heavy atom. The number of rotatable bonds is 4. The normalized spacial score (nSPS) is 17.9. The third-order valence-corrected chi connectivity index (χ3v) is 7.30. The molecule has 1 saturated heterocycles. The Labute approximate surface area is 198 Å². The lowest BCUT2D eigenvalue weighted by Gasteiger charge is -2.36. The number of carbonyl (C=O) groups is 2. The summed E-state index contributed by atoms with van der Waals surface area (Å²) in [5, 5.41) is 3.96. The summed E-state index contributed by atoms with van der Waals surface area (Å²) in [5.41, 5.74) is 3.24. The van der Waals surface area contributed by atoms with Crippen LogP contribution < -0.4 is 5.32 Å². The van der Waals surface area contributed by atoms with Crippen LogP contribution >= 0.6 is 11.6 Å². The molecule has 172 valence electrons. The van der Waals surface area contributed by atoms with Crippen LogP contribution in [0.5, 0.6) is 0 Å². The van der Waals surface area contributed by atoms with Crippen molar-refractivity contribution in [1.82, 2.24) is 20.2 Å². The van der Waals surface area contributed by atoms with Gasteiger partial charge in [-0.2, -0.15) is 0 Å². The average molecular weight is 465 g/mol. The maximum atomic E-state index is 13.4. The molecule has 2 heterocycles. The van der Waals surface area contributed by atoms with Crippen LogP contribution in [0.2, 0.25) is 5.02 Å². The Morgan fingerprint density at radius 2 is 1.79 bits per heavy atom. The first-order valence-electron chi connectivity index (χ1n) is 11.8. The van der Waals surface area contributed by atoms with Gasteiger partial charge in [0.25, 0.3) is 11.8 Å². The van der Waals surface area contributed by atoms with Crippen molar-refractivity contribution < 1.29 is 9.59 Å². The highest BCUT2D eigenvalue weighted by Crippen LogP contribution is 2.37. The van der Waals surface area contributed by atoms with Gasteiger partial charge >= 0.3 is 0 Å². The number of H-pyrrole nitrogens is 1. The largest absolute Gasteiger partial charge is 0.340 e. The van der Waals surface area contributed by atoms with E-state index >= 15 is 0 Å². The number of aryl methyl sites for hydroxylation is 1. The SMILES string of the molecule is Cc1cc(C(=O)NC2(c3nc4ccc(Cl)cc4[nH]3)CCCCC2)ccc1C(=O)N1CCCC1. The third kappa shape index (κ3) is 4.24. The standard InChI is InChI=1S/C26H29ClN4O2/c1-17-15-18(7-9-20(17)24(33)31-13-5-6-14-31)23(32)30-26(11-3-2-4-12-26)25-28-21-10-8-19(27)16-22(21)29-25/h7-10,15-16H,2-6,11-14H2,1H3,(H,28,29)(H,30,32). The number of hydrogen-bond acceptors (Lipinski definition) is 3. The van der Waals surface area contributed by atoms with E-state index < -0.39 is 5.54 Å². The van der Waals surface area contributed by atoms with Crippen molar-refractivity contribution >= 4 is 34.4 Å². The van der Waals surface area contributed by atoms with Gasteiger partial charge in [-0.25, -0.2) is 4.98 Å². The highest BCUT2D eigenvalue weighted by molar-refractivity contribution is 6.31. The molecule has 0 atom stereocenters. The van der Waals surface area contributed by atoms with Crippen molar-refractivity contribution in [2.45, 2.75) is 57.4 Å². The molecule has 3 aromatic rings. The number of benzene rings is 2. The van der Waals surface area contributed by atoms with Crippen LogP contribution in [0.3, 0.4) is 0 Å². The zero-order valence-corrected chi connectivity index (χ0v) is 19.7. The monoisotopic (exact) mass is 464 g/mol. The molecule has 2 aromatic carbocycles. The van der Waals surface area contributed by atoms with Gasteiger partial charge in [0.05, 0.1) is 16.6 Å². The first-order chi connectivity index (χ1) is 15.9. The number of halogens is 1. The molecule has 0 bridgehead atoms. The van der Waals surface area contributed by atoms with E-state index in [1.54, 1.807) is 12.1 Å². The minimum absolute atomic E-state index is 0.0571. The molecule has 2 aliphatic rings. The topological polar surface area (TPSA) is 78.1 Å². The molecule has 33 heavy (non-hydrogen) atoms. The van der Waals surface area contributed by atoms with Gasteiger partial charge in [-0.15, -0.1) is 0 Å². The van der Waals surface area contributed by atoms with Crippen LogP contribution in [0.1, 0.15) is 77.0 Å². The quantitative estimate of drug-likeness (QED) is 0.546. The lowest BCUT2D eigenvalue weighted by Crippen LogP contribution is -2.48. The fourth-order valence-electron chi connectivity index (χ4n) is 5.21. The molecule has 0 spiro atoms. The van der Waals surface area contributed by atoms with Crippen LogP contribution in [-0.2, 0) is 5.54 Å². The van der Waals surface area contributed by atoms with Crippen LogP contribution in [0.4, 0.5) is 0 Å². The van der Waals surface area contributed by atoms with Gasteiger partial charge in [-0.05, 0) is 74.6 Å². The Kier molecular flexibility index (Phi) is 5.87. The lowest BCUT2D eigenvalue weighted by atomic mass is 9.80. The van der Waals surface area contributed by atoms with Crippen molar-refractivity contribution in [2.75, 3.05) is 13.1 Å². The van der Waals surface area contributed by atoms with E-state index in [0.717, 1.165) is 80.5 Å². The minimum atomic E-state index is -0.543. The summed E-state index contributed by atoms with van der Waals surface area (Å²) in [4.78, 5) is 36.3. The molecule has 5 rings (SSSR count). The number of carbonyl (C=O) groups excluding carboxylic acids is 2. The fourth-order valence-corrected chi connectivity index (χ4v) is 5.38. The Morgan fingerprint density at radius 1 is 1.03 bits per heavy atom. The molecular formula is C26H29ClN4O2. The van der Waals surface area contributed by atoms with E-state index in [4.69, 9.17) is 16.6 Å². The lowest BCUT2D eigenvalue weighted by molar-refractivity contribution is 0.0790. The summed E-state index contributed by atoms with van der Waals surface area (Å²) in [5.74, 6) is 0.700. The average Bonchev–Trinajstić information content (AvgIpc) is 3.49. The number of nitrogens with zero attached hydrogens (tertiary/aromatic N) is 2. The molecule has 6 nitrogen and oxygen atoms in total. The Balaban J connectivity index is 1.42. The van der Waals surface area contributed by atoms with Gasteiger partial charge in [0.15, 0.2) is 0 Å². The van der Waals surface area contributed by atoms with Crippen LogP contribution in [0, 0.1) is 6.92 Å². The number of aromatic nitrogens is 2. The molecule has 1 aliphatic carbocycles.